The minimum Gasteiger partial charge on any atom is -0.305 e. The van der Waals surface area contributed by atoms with Crippen LogP contribution in [0.25, 0.3) is 0 Å². The number of carbonyl (C=O) groups excluding carboxylic acids is 1. The second-order valence-electron chi connectivity index (χ2n) is 5.58. The molecule has 0 bridgehead atoms. The second kappa shape index (κ2) is 6.96. The summed E-state index contributed by atoms with van der Waals surface area (Å²) in [7, 11) is 0. The summed E-state index contributed by atoms with van der Waals surface area (Å²) in [4.78, 5) is 22.3. The molecule has 7 heteroatoms. The number of amides is 1. The molecule has 0 spiro atoms. The van der Waals surface area contributed by atoms with E-state index in [1.165, 1.54) is 29.8 Å². The van der Waals surface area contributed by atoms with Crippen LogP contribution >= 0.6 is 0 Å². The minimum absolute atomic E-state index is 0.0564. The molecule has 0 aliphatic carbocycles. The van der Waals surface area contributed by atoms with Crippen molar-refractivity contribution in [2.24, 2.45) is 0 Å². The first-order valence-corrected chi connectivity index (χ1v) is 7.67. The maximum Gasteiger partial charge on any atom is 0.269 e. The molecule has 2 aromatic carbocycles. The highest BCUT2D eigenvalue weighted by Crippen LogP contribution is 2.14. The summed E-state index contributed by atoms with van der Waals surface area (Å²) in [6.07, 6.45) is 1.79. The van der Waals surface area contributed by atoms with Gasteiger partial charge in [-0.3, -0.25) is 19.6 Å². The Labute approximate surface area is 144 Å². The van der Waals surface area contributed by atoms with Crippen molar-refractivity contribution in [2.45, 2.75) is 13.5 Å². The van der Waals surface area contributed by atoms with Crippen LogP contribution in [0.3, 0.4) is 0 Å². The molecule has 3 rings (SSSR count). The zero-order chi connectivity index (χ0) is 17.8. The Bertz CT molecular complexity index is 916. The van der Waals surface area contributed by atoms with Crippen LogP contribution in [0.1, 0.15) is 21.5 Å². The van der Waals surface area contributed by atoms with Gasteiger partial charge in [-0.1, -0.05) is 24.3 Å². The van der Waals surface area contributed by atoms with Gasteiger partial charge in [0.2, 0.25) is 0 Å². The van der Waals surface area contributed by atoms with E-state index in [4.69, 9.17) is 0 Å². The molecule has 0 aliphatic rings. The van der Waals surface area contributed by atoms with Gasteiger partial charge >= 0.3 is 0 Å². The lowest BCUT2D eigenvalue weighted by Gasteiger charge is -2.05. The number of benzene rings is 2. The number of rotatable bonds is 5. The summed E-state index contributed by atoms with van der Waals surface area (Å²) in [5, 5.41) is 17.7. The van der Waals surface area contributed by atoms with Gasteiger partial charge in [-0.15, -0.1) is 0 Å². The SMILES string of the molecule is Cc1ccccc1Cn1ccc(NC(=O)c2ccc([N+](=O)[O-])cc2)n1. The number of anilines is 1. The molecule has 1 heterocycles. The molecule has 0 fully saturated rings. The smallest absolute Gasteiger partial charge is 0.269 e. The van der Waals surface area contributed by atoms with Crippen LogP contribution in [-0.4, -0.2) is 20.6 Å². The number of non-ortho nitro benzene ring substituents is 1. The third-order valence-electron chi connectivity index (χ3n) is 3.82. The molecular formula is C18H16N4O3. The summed E-state index contributed by atoms with van der Waals surface area (Å²) in [5.74, 6) is 0.0629. The molecular weight excluding hydrogens is 320 g/mol. The van der Waals surface area contributed by atoms with Gasteiger partial charge in [-0.05, 0) is 30.2 Å². The predicted octanol–water partition coefficient (Wildman–Crippen LogP) is 3.40. The minimum atomic E-state index is -0.505. The first kappa shape index (κ1) is 16.4. The van der Waals surface area contributed by atoms with Crippen LogP contribution in [0.2, 0.25) is 0 Å². The highest BCUT2D eigenvalue weighted by atomic mass is 16.6. The van der Waals surface area contributed by atoms with Crippen LogP contribution in [-0.2, 0) is 6.54 Å². The predicted molar refractivity (Wildman–Crippen MR) is 93.6 cm³/mol. The molecule has 0 saturated carbocycles. The molecule has 0 radical (unpaired) electrons. The van der Waals surface area contributed by atoms with Crippen LogP contribution in [0, 0.1) is 17.0 Å². The van der Waals surface area contributed by atoms with E-state index in [0.29, 0.717) is 17.9 Å². The first-order chi connectivity index (χ1) is 12.0. The maximum atomic E-state index is 12.2. The number of carbonyl (C=O) groups is 1. The van der Waals surface area contributed by atoms with E-state index < -0.39 is 4.92 Å². The molecule has 0 unspecified atom stereocenters. The third-order valence-corrected chi connectivity index (χ3v) is 3.82. The van der Waals surface area contributed by atoms with Gasteiger partial charge in [-0.25, -0.2) is 0 Å². The summed E-state index contributed by atoms with van der Waals surface area (Å²) >= 11 is 0. The number of nitro benzene ring substituents is 1. The number of hydrogen-bond donors (Lipinski definition) is 1. The largest absolute Gasteiger partial charge is 0.305 e. The molecule has 0 atom stereocenters. The van der Waals surface area contributed by atoms with Gasteiger partial charge in [-0.2, -0.15) is 5.10 Å². The van der Waals surface area contributed by atoms with Gasteiger partial charge in [0.05, 0.1) is 11.5 Å². The van der Waals surface area contributed by atoms with Crippen molar-refractivity contribution in [3.63, 3.8) is 0 Å². The average molecular weight is 336 g/mol. The molecule has 7 nitrogen and oxygen atoms in total. The fraction of sp³-hybridized carbons (Fsp3) is 0.111. The molecule has 126 valence electrons. The molecule has 1 aromatic heterocycles. The molecule has 0 saturated heterocycles. The number of nitrogens with one attached hydrogen (secondary N) is 1. The summed E-state index contributed by atoms with van der Waals surface area (Å²) in [5.41, 5.74) is 2.60. The molecule has 1 N–H and O–H groups in total. The van der Waals surface area contributed by atoms with Crippen LogP contribution in [0.4, 0.5) is 11.5 Å². The van der Waals surface area contributed by atoms with E-state index in [1.807, 2.05) is 31.2 Å². The van der Waals surface area contributed by atoms with Crippen molar-refractivity contribution in [3.8, 4) is 0 Å². The Balaban J connectivity index is 1.67. The number of aryl methyl sites for hydroxylation is 1. The van der Waals surface area contributed by atoms with E-state index in [1.54, 1.807) is 16.9 Å². The number of nitrogens with zero attached hydrogens (tertiary/aromatic N) is 3. The maximum absolute atomic E-state index is 12.2. The summed E-state index contributed by atoms with van der Waals surface area (Å²) in [6, 6.07) is 15.2. The Morgan fingerprint density at radius 3 is 2.56 bits per heavy atom. The highest BCUT2D eigenvalue weighted by molar-refractivity contribution is 6.03. The zero-order valence-electron chi connectivity index (χ0n) is 13.5. The normalized spacial score (nSPS) is 10.4. The fourth-order valence-corrected chi connectivity index (χ4v) is 2.40. The first-order valence-electron chi connectivity index (χ1n) is 7.67. The van der Waals surface area contributed by atoms with Gasteiger partial charge in [0, 0.05) is 30.0 Å². The molecule has 1 amide bonds. The highest BCUT2D eigenvalue weighted by Gasteiger charge is 2.11. The Morgan fingerprint density at radius 1 is 1.16 bits per heavy atom. The standard InChI is InChI=1S/C18H16N4O3/c1-13-4-2-3-5-15(13)12-21-11-10-17(20-21)19-18(23)14-6-8-16(9-7-14)22(24)25/h2-11H,12H2,1H3,(H,19,20,23). The van der Waals surface area contributed by atoms with Crippen LogP contribution in [0.15, 0.2) is 60.8 Å². The second-order valence-corrected chi connectivity index (χ2v) is 5.58. The lowest BCUT2D eigenvalue weighted by Crippen LogP contribution is -2.13. The lowest BCUT2D eigenvalue weighted by atomic mass is 10.1. The van der Waals surface area contributed by atoms with E-state index >= 15 is 0 Å². The van der Waals surface area contributed by atoms with Gasteiger partial charge in [0.25, 0.3) is 11.6 Å². The van der Waals surface area contributed by atoms with Crippen molar-refractivity contribution >= 4 is 17.4 Å². The Hall–Kier alpha value is -3.48. The van der Waals surface area contributed by atoms with E-state index in [2.05, 4.69) is 10.4 Å². The van der Waals surface area contributed by atoms with Crippen molar-refractivity contribution in [2.75, 3.05) is 5.32 Å². The number of nitro groups is 1. The Kier molecular flexibility index (Phi) is 4.56. The van der Waals surface area contributed by atoms with Gasteiger partial charge in [0.1, 0.15) is 0 Å². The number of hydrogen-bond acceptors (Lipinski definition) is 4. The van der Waals surface area contributed by atoms with Crippen molar-refractivity contribution in [1.29, 1.82) is 0 Å². The van der Waals surface area contributed by atoms with Gasteiger partial charge in [0.15, 0.2) is 5.82 Å². The van der Waals surface area contributed by atoms with Crippen molar-refractivity contribution in [3.05, 3.63) is 87.6 Å². The van der Waals surface area contributed by atoms with E-state index in [0.717, 1.165) is 5.56 Å². The van der Waals surface area contributed by atoms with Crippen molar-refractivity contribution in [1.82, 2.24) is 9.78 Å². The van der Waals surface area contributed by atoms with Gasteiger partial charge < -0.3 is 5.32 Å². The zero-order valence-corrected chi connectivity index (χ0v) is 13.5. The average Bonchev–Trinajstić information content (AvgIpc) is 3.04. The summed E-state index contributed by atoms with van der Waals surface area (Å²) in [6.45, 7) is 2.65. The third kappa shape index (κ3) is 3.89. The molecule has 0 aliphatic heterocycles. The number of aromatic nitrogens is 2. The quantitative estimate of drug-likeness (QED) is 0.571. The van der Waals surface area contributed by atoms with Crippen molar-refractivity contribution < 1.29 is 9.72 Å². The lowest BCUT2D eigenvalue weighted by molar-refractivity contribution is -0.384. The molecule has 3 aromatic rings. The van der Waals surface area contributed by atoms with Crippen LogP contribution in [0.5, 0.6) is 0 Å². The molecule has 25 heavy (non-hydrogen) atoms. The van der Waals surface area contributed by atoms with E-state index in [-0.39, 0.29) is 11.6 Å². The monoisotopic (exact) mass is 336 g/mol. The van der Waals surface area contributed by atoms with E-state index in [9.17, 15) is 14.9 Å². The Morgan fingerprint density at radius 2 is 1.88 bits per heavy atom. The fourth-order valence-electron chi connectivity index (χ4n) is 2.40. The van der Waals surface area contributed by atoms with Crippen LogP contribution < -0.4 is 5.32 Å². The topological polar surface area (TPSA) is 90.1 Å². The summed E-state index contributed by atoms with van der Waals surface area (Å²) < 4.78 is 1.74.